The van der Waals surface area contributed by atoms with Crippen LogP contribution in [0, 0.1) is 0 Å². The number of nitrogens with two attached hydrogens (primary N) is 1. The molecular formula is C55H87N3O18P2. The van der Waals surface area contributed by atoms with E-state index in [1.165, 1.54) is 43.9 Å². The molecule has 9 N–H and O–H groups in total. The van der Waals surface area contributed by atoms with Crippen LogP contribution in [0.2, 0.25) is 0 Å². The van der Waals surface area contributed by atoms with E-state index in [-0.39, 0.29) is 31.5 Å². The van der Waals surface area contributed by atoms with Crippen LogP contribution in [0.5, 0.6) is 0 Å². The maximum absolute atomic E-state index is 12.9. The smallest absolute Gasteiger partial charge is 0.462 e. The number of nitrogens with zero attached hydrogens (tertiary/aromatic N) is 2. The number of carbonyl (C=O) groups is 2. The summed E-state index contributed by atoms with van der Waals surface area (Å²) in [6.07, 6.45) is 35.5. The number of rotatable bonds is 43. The lowest BCUT2D eigenvalue weighted by molar-refractivity contribution is -0.161. The minimum absolute atomic E-state index is 0.0204. The second kappa shape index (κ2) is 41.6. The molecule has 0 aromatic carbocycles. The van der Waals surface area contributed by atoms with Gasteiger partial charge in [0.05, 0.1) is 31.5 Å². The van der Waals surface area contributed by atoms with Crippen molar-refractivity contribution in [3.63, 3.8) is 0 Å². The Morgan fingerprint density at radius 1 is 0.731 bits per heavy atom. The molecule has 78 heavy (non-hydrogen) atoms. The van der Waals surface area contributed by atoms with Crippen LogP contribution in [0.4, 0.5) is 5.82 Å². The molecule has 1 aliphatic rings. The summed E-state index contributed by atoms with van der Waals surface area (Å²) < 4.78 is 56.6. The third-order valence-corrected chi connectivity index (χ3v) is 14.3. The monoisotopic (exact) mass is 1140 g/mol. The van der Waals surface area contributed by atoms with Crippen molar-refractivity contribution in [3.05, 3.63) is 120 Å². The largest absolute Gasteiger partial charge is 0.481 e. The van der Waals surface area contributed by atoms with Crippen molar-refractivity contribution < 1.29 is 81.6 Å². The zero-order chi connectivity index (χ0) is 57.4. The van der Waals surface area contributed by atoms with Crippen LogP contribution in [0.15, 0.2) is 114 Å². The molecule has 0 radical (unpaired) electrons. The van der Waals surface area contributed by atoms with Gasteiger partial charge in [0.15, 0.2) is 12.3 Å². The Balaban J connectivity index is 1.87. The van der Waals surface area contributed by atoms with Crippen molar-refractivity contribution in [1.29, 1.82) is 0 Å². The highest BCUT2D eigenvalue weighted by molar-refractivity contribution is 7.61. The lowest BCUT2D eigenvalue weighted by Crippen LogP contribution is -2.36. The molecule has 0 amide bonds. The van der Waals surface area contributed by atoms with E-state index >= 15 is 0 Å². The molecule has 2 unspecified atom stereocenters. The molecule has 1 fully saturated rings. The van der Waals surface area contributed by atoms with Gasteiger partial charge in [0, 0.05) is 19.0 Å². The molecule has 1 aromatic heterocycles. The predicted molar refractivity (Wildman–Crippen MR) is 297 cm³/mol. The van der Waals surface area contributed by atoms with Crippen molar-refractivity contribution >= 4 is 33.4 Å². The number of hydrogen-bond acceptors (Lipinski definition) is 18. The van der Waals surface area contributed by atoms with Crippen molar-refractivity contribution in [3.8, 4) is 0 Å². The fourth-order valence-electron chi connectivity index (χ4n) is 7.43. The van der Waals surface area contributed by atoms with Crippen LogP contribution in [0.25, 0.3) is 0 Å². The number of nitrogen functional groups attached to an aromatic ring is 1. The second-order valence-electron chi connectivity index (χ2n) is 18.6. The zero-order valence-electron chi connectivity index (χ0n) is 45.3. The van der Waals surface area contributed by atoms with Crippen molar-refractivity contribution in [2.75, 3.05) is 25.6 Å². The number of aliphatic hydroxyl groups is 5. The molecule has 2 rings (SSSR count). The van der Waals surface area contributed by atoms with Crippen LogP contribution in [-0.2, 0) is 46.3 Å². The number of anilines is 1. The van der Waals surface area contributed by atoms with Gasteiger partial charge < -0.3 is 55.3 Å². The lowest BCUT2D eigenvalue weighted by Gasteiger charge is -2.21. The first kappa shape index (κ1) is 69.7. The van der Waals surface area contributed by atoms with Crippen molar-refractivity contribution in [1.82, 2.24) is 9.55 Å². The Kier molecular flexibility index (Phi) is 37.1. The number of carbonyl (C=O) groups excluding carboxylic acids is 2. The Morgan fingerprint density at radius 3 is 1.97 bits per heavy atom. The van der Waals surface area contributed by atoms with Crippen molar-refractivity contribution in [2.45, 2.75) is 191 Å². The van der Waals surface area contributed by atoms with Crippen molar-refractivity contribution in [2.24, 2.45) is 0 Å². The van der Waals surface area contributed by atoms with Gasteiger partial charge in [-0.15, -0.1) is 0 Å². The average molecular weight is 1140 g/mol. The Morgan fingerprint density at radius 2 is 1.32 bits per heavy atom. The van der Waals surface area contributed by atoms with Crippen LogP contribution < -0.4 is 11.4 Å². The molecule has 0 saturated carbocycles. The van der Waals surface area contributed by atoms with E-state index in [2.05, 4.69) is 52.7 Å². The topological polar surface area (TPSA) is 326 Å². The average Bonchev–Trinajstić information content (AvgIpc) is 3.68. The number of unbranched alkanes of at least 4 members (excludes halogenated alkanes) is 10. The first-order chi connectivity index (χ1) is 37.4. The van der Waals surface area contributed by atoms with Gasteiger partial charge in [0.1, 0.15) is 30.7 Å². The summed E-state index contributed by atoms with van der Waals surface area (Å²) in [4.78, 5) is 62.1. The summed E-state index contributed by atoms with van der Waals surface area (Å²) in [5.74, 6) is -1.68. The quantitative estimate of drug-likeness (QED) is 0.00998. The van der Waals surface area contributed by atoms with Gasteiger partial charge in [-0.3, -0.25) is 23.2 Å². The molecule has 1 aromatic rings. The first-order valence-electron chi connectivity index (χ1n) is 27.1. The summed E-state index contributed by atoms with van der Waals surface area (Å²) in [7, 11) is -11.0. The summed E-state index contributed by atoms with van der Waals surface area (Å²) in [5, 5.41) is 51.7. The number of aromatic nitrogens is 2. The summed E-state index contributed by atoms with van der Waals surface area (Å²) in [6.45, 7) is 1.60. The molecule has 1 aliphatic heterocycles. The molecule has 0 spiro atoms. The summed E-state index contributed by atoms with van der Waals surface area (Å²) in [5.41, 5.74) is 4.55. The highest BCUT2D eigenvalue weighted by Gasteiger charge is 2.46. The highest BCUT2D eigenvalue weighted by atomic mass is 31.3. The third-order valence-electron chi connectivity index (χ3n) is 11.7. The molecule has 440 valence electrons. The number of phosphoric ester groups is 2. The normalized spacial score (nSPS) is 20.5. The van der Waals surface area contributed by atoms with Gasteiger partial charge in [0.25, 0.3) is 0 Å². The van der Waals surface area contributed by atoms with Gasteiger partial charge in [0.2, 0.25) is 0 Å². The number of aliphatic hydroxyl groups excluding tert-OH is 5. The van der Waals surface area contributed by atoms with E-state index in [1.807, 2.05) is 19.1 Å². The maximum atomic E-state index is 12.9. The van der Waals surface area contributed by atoms with Crippen LogP contribution >= 0.6 is 15.6 Å². The van der Waals surface area contributed by atoms with Crippen LogP contribution in [0.1, 0.15) is 148 Å². The zero-order valence-corrected chi connectivity index (χ0v) is 47.1. The van der Waals surface area contributed by atoms with Gasteiger partial charge in [-0.1, -0.05) is 156 Å². The van der Waals surface area contributed by atoms with Gasteiger partial charge in [-0.05, 0) is 76.7 Å². The molecular weight excluding hydrogens is 1050 g/mol. The van der Waals surface area contributed by atoms with Gasteiger partial charge >= 0.3 is 33.3 Å². The van der Waals surface area contributed by atoms with E-state index in [9.17, 15) is 58.8 Å². The molecule has 0 bridgehead atoms. The first-order valence-corrected chi connectivity index (χ1v) is 30.1. The molecule has 23 heteroatoms. The molecule has 1 saturated heterocycles. The highest BCUT2D eigenvalue weighted by Crippen LogP contribution is 2.60. The lowest BCUT2D eigenvalue weighted by atomic mass is 10.1. The fourth-order valence-corrected chi connectivity index (χ4v) is 9.54. The SMILES string of the molecule is CC/C=C\C[C@H](O)/C=C/C=C/C=C\C=C/[C@@H](O)[C@H](O)CCCC(=O)O[C@H](COC(=O)CCCCCCCC/C=C\C/C=C\C/C=C\CCCCCC)COP(=O)(O)OP(=O)(O)OC[C@H]1O[C@@H](n2ccc(N)nc2=O)[C@H](O)[C@@H]1O. The number of allylic oxidation sites excluding steroid dienone is 13. The number of phosphoric acid groups is 2. The Labute approximate surface area is 459 Å². The number of esters is 2. The van der Waals surface area contributed by atoms with Crippen LogP contribution in [0.3, 0.4) is 0 Å². The summed E-state index contributed by atoms with van der Waals surface area (Å²) >= 11 is 0. The maximum Gasteiger partial charge on any atom is 0.481 e. The van der Waals surface area contributed by atoms with E-state index in [0.717, 1.165) is 75.0 Å². The van der Waals surface area contributed by atoms with E-state index in [1.54, 1.807) is 36.5 Å². The standard InChI is InChI=1S/C55H87N3O18P2/c1-3-5-7-8-9-10-11-12-13-14-15-16-17-18-19-20-21-22-27-31-37-50(62)71-41-45(74-51(63)38-32-36-47(61)46(60)35-30-26-24-23-25-29-34-44(59)33-28-6-4-2)42-72-77(67,68)76-78(69,70)73-43-48-52(64)53(65)54(75-48)58-40-39-49(56)57-55(58)66/h6,10-11,13-14,16-17,23-26,28-30,34-35,39-40,44-48,52-54,59-61,64-65H,3-5,7-9,12,15,18-22,27,31-33,36-38,41-43H2,1-2H3,(H,67,68)(H,69,70)(H2,56,57,66)/b11-10-,14-13-,17-16-,25-23+,26-24-,28-6-,34-29+,35-30-/t44-,45+,46+,47+,48+,52+,53+,54+/m0/s1. The summed E-state index contributed by atoms with van der Waals surface area (Å²) in [6, 6.07) is 1.22. The van der Waals surface area contributed by atoms with Gasteiger partial charge in [-0.2, -0.15) is 9.29 Å². The Bertz CT molecular complexity index is 2250. The minimum Gasteiger partial charge on any atom is -0.462 e. The van der Waals surface area contributed by atoms with E-state index < -0.39 is 102 Å². The fraction of sp³-hybridized carbons (Fsp3) is 0.600. The Hall–Kier alpha value is -4.44. The molecule has 0 aliphatic carbocycles. The minimum atomic E-state index is -5.53. The molecule has 2 heterocycles. The van der Waals surface area contributed by atoms with Crippen LogP contribution in [-0.4, -0.2) is 119 Å². The number of ether oxygens (including phenoxy) is 3. The molecule has 10 atom stereocenters. The molecule has 21 nitrogen and oxygen atoms in total. The third kappa shape index (κ3) is 33.2. The predicted octanol–water partition coefficient (Wildman–Crippen LogP) is 8.52. The van der Waals surface area contributed by atoms with E-state index in [4.69, 9.17) is 29.0 Å². The van der Waals surface area contributed by atoms with Gasteiger partial charge in [-0.25, -0.2) is 13.9 Å². The second-order valence-corrected chi connectivity index (χ2v) is 21.6. The van der Waals surface area contributed by atoms with E-state index in [0.29, 0.717) is 12.8 Å². The number of hydrogen-bond donors (Lipinski definition) is 8.